The predicted octanol–water partition coefficient (Wildman–Crippen LogP) is 3.54. The summed E-state index contributed by atoms with van der Waals surface area (Å²) >= 11 is 0. The van der Waals surface area contributed by atoms with Gasteiger partial charge < -0.3 is 10.1 Å². The molecule has 100 valence electrons. The molecular weight excluding hydrogens is 222 g/mol. The molecule has 1 aromatic carbocycles. The van der Waals surface area contributed by atoms with E-state index in [-0.39, 0.29) is 6.10 Å². The zero-order valence-corrected chi connectivity index (χ0v) is 12.0. The summed E-state index contributed by atoms with van der Waals surface area (Å²) in [6, 6.07) is 8.79. The Morgan fingerprint density at radius 2 is 1.89 bits per heavy atom. The van der Waals surface area contributed by atoms with Gasteiger partial charge in [0.15, 0.2) is 0 Å². The first-order valence-electron chi connectivity index (χ1n) is 6.93. The maximum Gasteiger partial charge on any atom is 0.119 e. The van der Waals surface area contributed by atoms with Crippen LogP contribution in [0.3, 0.4) is 0 Å². The van der Waals surface area contributed by atoms with Crippen LogP contribution in [0.5, 0.6) is 5.75 Å². The van der Waals surface area contributed by atoms with Gasteiger partial charge in [-0.2, -0.15) is 0 Å². The van der Waals surface area contributed by atoms with Gasteiger partial charge in [0.1, 0.15) is 11.9 Å². The molecule has 2 heteroatoms. The van der Waals surface area contributed by atoms with Gasteiger partial charge >= 0.3 is 0 Å². The van der Waals surface area contributed by atoms with Gasteiger partial charge in [0.05, 0.1) is 0 Å². The van der Waals surface area contributed by atoms with E-state index in [4.69, 9.17) is 4.74 Å². The van der Waals surface area contributed by atoms with Crippen LogP contribution in [0.1, 0.15) is 38.7 Å². The molecule has 1 aliphatic carbocycles. The highest BCUT2D eigenvalue weighted by Crippen LogP contribution is 2.37. The van der Waals surface area contributed by atoms with Gasteiger partial charge in [-0.15, -0.1) is 0 Å². The quantitative estimate of drug-likeness (QED) is 0.882. The number of aryl methyl sites for hydroxylation is 1. The summed E-state index contributed by atoms with van der Waals surface area (Å²) in [6.45, 7) is 6.77. The second kappa shape index (κ2) is 5.31. The van der Waals surface area contributed by atoms with E-state index in [1.165, 1.54) is 18.4 Å². The summed E-state index contributed by atoms with van der Waals surface area (Å²) in [4.78, 5) is 0. The van der Waals surface area contributed by atoms with E-state index in [0.717, 1.165) is 12.2 Å². The van der Waals surface area contributed by atoms with E-state index in [9.17, 15) is 0 Å². The number of ether oxygens (including phenoxy) is 1. The molecule has 0 spiro atoms. The Hall–Kier alpha value is -1.02. The number of nitrogens with one attached hydrogen (secondary N) is 1. The number of rotatable bonds is 3. The van der Waals surface area contributed by atoms with Crippen LogP contribution in [0, 0.1) is 12.3 Å². The van der Waals surface area contributed by atoms with Crippen molar-refractivity contribution in [2.24, 2.45) is 5.41 Å². The fourth-order valence-corrected chi connectivity index (χ4v) is 3.08. The molecule has 1 aromatic rings. The van der Waals surface area contributed by atoms with Crippen LogP contribution in [0.4, 0.5) is 0 Å². The molecule has 0 aromatic heterocycles. The van der Waals surface area contributed by atoms with Crippen LogP contribution in [0.2, 0.25) is 0 Å². The highest BCUT2D eigenvalue weighted by atomic mass is 16.5. The van der Waals surface area contributed by atoms with Gasteiger partial charge in [-0.1, -0.05) is 31.5 Å². The van der Waals surface area contributed by atoms with Crippen molar-refractivity contribution in [2.75, 3.05) is 7.05 Å². The smallest absolute Gasteiger partial charge is 0.119 e. The van der Waals surface area contributed by atoms with Crippen molar-refractivity contribution in [3.8, 4) is 5.75 Å². The lowest BCUT2D eigenvalue weighted by molar-refractivity contribution is 0.0404. The van der Waals surface area contributed by atoms with Gasteiger partial charge in [-0.05, 0) is 50.8 Å². The molecule has 0 heterocycles. The average Bonchev–Trinajstić information content (AvgIpc) is 2.31. The van der Waals surface area contributed by atoms with Crippen LogP contribution in [0.25, 0.3) is 0 Å². The Bertz CT molecular complexity index is 383. The summed E-state index contributed by atoms with van der Waals surface area (Å²) in [7, 11) is 2.04. The van der Waals surface area contributed by atoms with Crippen molar-refractivity contribution in [3.63, 3.8) is 0 Å². The minimum absolute atomic E-state index is 0.279. The molecule has 2 nitrogen and oxygen atoms in total. The van der Waals surface area contributed by atoms with Crippen molar-refractivity contribution in [1.29, 1.82) is 0 Å². The summed E-state index contributed by atoms with van der Waals surface area (Å²) in [5.74, 6) is 0.989. The van der Waals surface area contributed by atoms with E-state index < -0.39 is 0 Å². The molecule has 0 saturated heterocycles. The molecule has 2 unspecified atom stereocenters. The third-order valence-electron chi connectivity index (χ3n) is 4.14. The van der Waals surface area contributed by atoms with Gasteiger partial charge in [-0.3, -0.25) is 0 Å². The van der Waals surface area contributed by atoms with Gasteiger partial charge in [0.25, 0.3) is 0 Å². The summed E-state index contributed by atoms with van der Waals surface area (Å²) < 4.78 is 6.19. The van der Waals surface area contributed by atoms with E-state index in [0.29, 0.717) is 11.5 Å². The Kier molecular flexibility index (Phi) is 3.96. The first kappa shape index (κ1) is 13.4. The van der Waals surface area contributed by atoms with E-state index >= 15 is 0 Å². The highest BCUT2D eigenvalue weighted by Gasteiger charge is 2.39. The predicted molar refractivity (Wildman–Crippen MR) is 76.1 cm³/mol. The molecule has 1 aliphatic rings. The monoisotopic (exact) mass is 247 g/mol. The fourth-order valence-electron chi connectivity index (χ4n) is 3.08. The highest BCUT2D eigenvalue weighted by molar-refractivity contribution is 5.26. The molecule has 0 radical (unpaired) electrons. The van der Waals surface area contributed by atoms with Crippen molar-refractivity contribution in [1.82, 2.24) is 5.32 Å². The number of benzene rings is 1. The summed E-state index contributed by atoms with van der Waals surface area (Å²) in [6.07, 6.45) is 3.94. The second-order valence-corrected chi connectivity index (χ2v) is 6.12. The van der Waals surface area contributed by atoms with Gasteiger partial charge in [-0.25, -0.2) is 0 Å². The van der Waals surface area contributed by atoms with Crippen molar-refractivity contribution in [2.45, 2.75) is 52.2 Å². The van der Waals surface area contributed by atoms with Gasteiger partial charge in [0.2, 0.25) is 0 Å². The fraction of sp³-hybridized carbons (Fsp3) is 0.625. The maximum absolute atomic E-state index is 6.19. The number of hydrogen-bond acceptors (Lipinski definition) is 2. The SMILES string of the molecule is CNC1C(Oc2ccc(C)cc2)CCCC1(C)C. The largest absolute Gasteiger partial charge is 0.489 e. The first-order chi connectivity index (χ1) is 8.53. The zero-order valence-electron chi connectivity index (χ0n) is 12.0. The summed E-state index contributed by atoms with van der Waals surface area (Å²) in [5, 5.41) is 3.45. The van der Waals surface area contributed by atoms with E-state index in [1.807, 2.05) is 7.05 Å². The molecule has 0 aliphatic heterocycles. The molecule has 1 N–H and O–H groups in total. The lowest BCUT2D eigenvalue weighted by atomic mass is 9.72. The van der Waals surface area contributed by atoms with Crippen molar-refractivity contribution < 1.29 is 4.74 Å². The molecule has 1 saturated carbocycles. The topological polar surface area (TPSA) is 21.3 Å². The Balaban J connectivity index is 2.09. The zero-order chi connectivity index (χ0) is 13.2. The van der Waals surface area contributed by atoms with Crippen LogP contribution in [0.15, 0.2) is 24.3 Å². The molecule has 2 rings (SSSR count). The minimum atomic E-state index is 0.279. The number of hydrogen-bond donors (Lipinski definition) is 1. The Morgan fingerprint density at radius 1 is 1.22 bits per heavy atom. The lowest BCUT2D eigenvalue weighted by Crippen LogP contribution is -2.53. The van der Waals surface area contributed by atoms with Crippen LogP contribution in [-0.4, -0.2) is 19.2 Å². The van der Waals surface area contributed by atoms with Crippen molar-refractivity contribution >= 4 is 0 Å². The van der Waals surface area contributed by atoms with Crippen LogP contribution < -0.4 is 10.1 Å². The van der Waals surface area contributed by atoms with E-state index in [1.54, 1.807) is 0 Å². The first-order valence-corrected chi connectivity index (χ1v) is 6.93. The van der Waals surface area contributed by atoms with E-state index in [2.05, 4.69) is 50.4 Å². The lowest BCUT2D eigenvalue weighted by Gasteiger charge is -2.43. The molecular formula is C16H25NO. The third kappa shape index (κ3) is 2.86. The molecule has 0 bridgehead atoms. The normalized spacial score (nSPS) is 26.9. The average molecular weight is 247 g/mol. The summed E-state index contributed by atoms with van der Waals surface area (Å²) in [5.41, 5.74) is 1.58. The Morgan fingerprint density at radius 3 is 2.50 bits per heavy atom. The van der Waals surface area contributed by atoms with Crippen LogP contribution >= 0.6 is 0 Å². The van der Waals surface area contributed by atoms with Crippen molar-refractivity contribution in [3.05, 3.63) is 29.8 Å². The maximum atomic E-state index is 6.19. The molecule has 18 heavy (non-hydrogen) atoms. The second-order valence-electron chi connectivity index (χ2n) is 6.12. The Labute approximate surface area is 111 Å². The standard InChI is InChI=1S/C16H25NO/c1-12-7-9-13(10-8-12)18-14-6-5-11-16(2,3)15(14)17-4/h7-10,14-15,17H,5-6,11H2,1-4H3. The van der Waals surface area contributed by atoms with Gasteiger partial charge in [0, 0.05) is 6.04 Å². The molecule has 1 fully saturated rings. The third-order valence-corrected chi connectivity index (χ3v) is 4.14. The molecule has 0 amide bonds. The molecule has 2 atom stereocenters. The number of likely N-dealkylation sites (N-methyl/N-ethyl adjacent to an activating group) is 1. The van der Waals surface area contributed by atoms with Crippen LogP contribution in [-0.2, 0) is 0 Å². The minimum Gasteiger partial charge on any atom is -0.489 e.